The molecule has 0 unspecified atom stereocenters. The summed E-state index contributed by atoms with van der Waals surface area (Å²) in [7, 11) is 0. The topological polar surface area (TPSA) is 26.3 Å². The maximum absolute atomic E-state index is 12.9. The van der Waals surface area contributed by atoms with E-state index in [4.69, 9.17) is 4.74 Å². The summed E-state index contributed by atoms with van der Waals surface area (Å²) in [6.07, 6.45) is 2.38. The number of benzene rings is 1. The van der Waals surface area contributed by atoms with Crippen molar-refractivity contribution in [2.24, 2.45) is 5.92 Å². The van der Waals surface area contributed by atoms with Crippen molar-refractivity contribution in [1.82, 2.24) is 0 Å². The summed E-state index contributed by atoms with van der Waals surface area (Å²) < 4.78 is 18.5. The number of hydrogen-bond donors (Lipinski definition) is 0. The summed E-state index contributed by atoms with van der Waals surface area (Å²) in [5, 5.41) is 0. The van der Waals surface area contributed by atoms with Gasteiger partial charge >= 0.3 is 0 Å². The number of ether oxygens (including phenoxy) is 1. The van der Waals surface area contributed by atoms with Crippen LogP contribution in [0, 0.1) is 11.7 Å². The molecule has 2 atom stereocenters. The van der Waals surface area contributed by atoms with Crippen LogP contribution in [0.25, 0.3) is 0 Å². The average molecular weight is 208 g/mol. The third-order valence-electron chi connectivity index (χ3n) is 2.80. The lowest BCUT2D eigenvalue weighted by atomic mass is 9.95. The third kappa shape index (κ3) is 2.01. The Hall–Kier alpha value is -1.38. The van der Waals surface area contributed by atoms with Crippen molar-refractivity contribution in [3.63, 3.8) is 0 Å². The number of rotatable bonds is 2. The molecule has 0 spiro atoms. The van der Waals surface area contributed by atoms with Gasteiger partial charge in [0.25, 0.3) is 0 Å². The van der Waals surface area contributed by atoms with E-state index in [0.717, 1.165) is 24.7 Å². The zero-order valence-electron chi connectivity index (χ0n) is 8.57. The smallest absolute Gasteiger partial charge is 0.126 e. The molecule has 0 amide bonds. The van der Waals surface area contributed by atoms with Crippen LogP contribution in [0.2, 0.25) is 0 Å². The van der Waals surface area contributed by atoms with Crippen LogP contribution >= 0.6 is 0 Å². The van der Waals surface area contributed by atoms with Crippen LogP contribution in [0.4, 0.5) is 4.39 Å². The molecule has 0 aromatic heterocycles. The first kappa shape index (κ1) is 10.1. The van der Waals surface area contributed by atoms with Gasteiger partial charge in [-0.15, -0.1) is 0 Å². The van der Waals surface area contributed by atoms with E-state index in [1.807, 2.05) is 6.92 Å². The van der Waals surface area contributed by atoms with E-state index in [0.29, 0.717) is 5.75 Å². The molecule has 0 bridgehead atoms. The third-order valence-corrected chi connectivity index (χ3v) is 2.80. The maximum Gasteiger partial charge on any atom is 0.126 e. The van der Waals surface area contributed by atoms with Crippen molar-refractivity contribution in [3.8, 4) is 5.75 Å². The fourth-order valence-electron chi connectivity index (χ4n) is 1.84. The van der Waals surface area contributed by atoms with Gasteiger partial charge in [-0.2, -0.15) is 0 Å². The number of carbonyl (C=O) groups excluding carboxylic acids is 1. The number of halogens is 1. The largest absolute Gasteiger partial charge is 0.489 e. The highest BCUT2D eigenvalue weighted by Gasteiger charge is 2.24. The molecule has 2 nitrogen and oxygen atoms in total. The zero-order valence-corrected chi connectivity index (χ0v) is 8.57. The molecule has 1 aliphatic rings. The van der Waals surface area contributed by atoms with E-state index in [-0.39, 0.29) is 17.8 Å². The Kier molecular flexibility index (Phi) is 2.71. The molecule has 0 saturated heterocycles. The summed E-state index contributed by atoms with van der Waals surface area (Å²) >= 11 is 0. The van der Waals surface area contributed by atoms with Crippen LogP contribution in [0.3, 0.4) is 0 Å². The van der Waals surface area contributed by atoms with Crippen molar-refractivity contribution in [3.05, 3.63) is 29.6 Å². The SMILES string of the molecule is C[C@H](C=O)[C@@H]1CCc2cc(F)ccc2O1. The molecule has 3 heteroatoms. The fourth-order valence-corrected chi connectivity index (χ4v) is 1.84. The molecule has 0 radical (unpaired) electrons. The zero-order chi connectivity index (χ0) is 10.8. The molecule has 1 aromatic rings. The number of carbonyl (C=O) groups is 1. The van der Waals surface area contributed by atoms with Gasteiger partial charge in [0.05, 0.1) is 0 Å². The van der Waals surface area contributed by atoms with Crippen LogP contribution in [-0.2, 0) is 11.2 Å². The second kappa shape index (κ2) is 4.01. The Morgan fingerprint density at radius 2 is 2.40 bits per heavy atom. The highest BCUT2D eigenvalue weighted by Crippen LogP contribution is 2.30. The summed E-state index contributed by atoms with van der Waals surface area (Å²) in [5.74, 6) is 0.365. The van der Waals surface area contributed by atoms with Crippen LogP contribution in [0.5, 0.6) is 5.75 Å². The molecule has 1 heterocycles. The van der Waals surface area contributed by atoms with Gasteiger partial charge < -0.3 is 9.53 Å². The Balaban J connectivity index is 2.20. The molecule has 1 aromatic carbocycles. The maximum atomic E-state index is 12.9. The summed E-state index contributed by atoms with van der Waals surface area (Å²) in [5.41, 5.74) is 0.893. The van der Waals surface area contributed by atoms with Crippen molar-refractivity contribution >= 4 is 6.29 Å². The normalized spacial score (nSPS) is 21.3. The molecule has 1 aliphatic heterocycles. The van der Waals surface area contributed by atoms with Gasteiger partial charge in [-0.3, -0.25) is 0 Å². The first-order valence-corrected chi connectivity index (χ1v) is 5.11. The summed E-state index contributed by atoms with van der Waals surface area (Å²) in [4.78, 5) is 10.6. The van der Waals surface area contributed by atoms with E-state index >= 15 is 0 Å². The molecule has 0 fully saturated rings. The van der Waals surface area contributed by atoms with Crippen molar-refractivity contribution < 1.29 is 13.9 Å². The lowest BCUT2D eigenvalue weighted by molar-refractivity contribution is -0.113. The van der Waals surface area contributed by atoms with Gasteiger partial charge in [-0.25, -0.2) is 4.39 Å². The lowest BCUT2D eigenvalue weighted by Gasteiger charge is -2.28. The standard InChI is InChI=1S/C12H13FO2/c1-8(7-14)11-4-2-9-6-10(13)3-5-12(9)15-11/h3,5-8,11H,2,4H2,1H3/t8-,11+/m1/s1. The Morgan fingerprint density at radius 3 is 3.13 bits per heavy atom. The van der Waals surface area contributed by atoms with E-state index in [9.17, 15) is 9.18 Å². The van der Waals surface area contributed by atoms with Crippen molar-refractivity contribution in [2.75, 3.05) is 0 Å². The predicted molar refractivity (Wildman–Crippen MR) is 54.4 cm³/mol. The minimum absolute atomic E-state index is 0.0690. The molecular formula is C12H13FO2. The lowest BCUT2D eigenvalue weighted by Crippen LogP contribution is -2.30. The molecule has 0 aliphatic carbocycles. The van der Waals surface area contributed by atoms with Gasteiger partial charge in [-0.1, -0.05) is 6.92 Å². The Labute approximate surface area is 88.1 Å². The predicted octanol–water partition coefficient (Wildman–Crippen LogP) is 2.35. The highest BCUT2D eigenvalue weighted by atomic mass is 19.1. The quantitative estimate of drug-likeness (QED) is 0.697. The van der Waals surface area contributed by atoms with Gasteiger partial charge in [0.1, 0.15) is 24.0 Å². The van der Waals surface area contributed by atoms with Gasteiger partial charge in [-0.05, 0) is 36.6 Å². The fraction of sp³-hybridized carbons (Fsp3) is 0.417. The highest BCUT2D eigenvalue weighted by molar-refractivity contribution is 5.54. The van der Waals surface area contributed by atoms with Crippen LogP contribution in [-0.4, -0.2) is 12.4 Å². The van der Waals surface area contributed by atoms with E-state index < -0.39 is 0 Å². The molecule has 0 N–H and O–H groups in total. The monoisotopic (exact) mass is 208 g/mol. The van der Waals surface area contributed by atoms with Gasteiger partial charge in [0.2, 0.25) is 0 Å². The molecular weight excluding hydrogens is 195 g/mol. The Morgan fingerprint density at radius 1 is 1.60 bits per heavy atom. The first-order chi connectivity index (χ1) is 7.20. The number of hydrogen-bond acceptors (Lipinski definition) is 2. The minimum atomic E-state index is -0.237. The first-order valence-electron chi connectivity index (χ1n) is 5.11. The molecule has 0 saturated carbocycles. The molecule has 15 heavy (non-hydrogen) atoms. The van der Waals surface area contributed by atoms with Crippen LogP contribution in [0.15, 0.2) is 18.2 Å². The second-order valence-corrected chi connectivity index (χ2v) is 3.94. The van der Waals surface area contributed by atoms with E-state index in [2.05, 4.69) is 0 Å². The van der Waals surface area contributed by atoms with Crippen molar-refractivity contribution in [1.29, 1.82) is 0 Å². The molecule has 2 rings (SSSR count). The Bertz CT molecular complexity index is 376. The van der Waals surface area contributed by atoms with E-state index in [1.165, 1.54) is 12.1 Å². The van der Waals surface area contributed by atoms with Crippen molar-refractivity contribution in [2.45, 2.75) is 25.9 Å². The van der Waals surface area contributed by atoms with Crippen LogP contribution < -0.4 is 4.74 Å². The number of aldehydes is 1. The van der Waals surface area contributed by atoms with Gasteiger partial charge in [0.15, 0.2) is 0 Å². The van der Waals surface area contributed by atoms with E-state index in [1.54, 1.807) is 6.07 Å². The second-order valence-electron chi connectivity index (χ2n) is 3.94. The summed E-state index contributed by atoms with van der Waals surface area (Å²) in [6.45, 7) is 1.84. The minimum Gasteiger partial charge on any atom is -0.489 e. The van der Waals surface area contributed by atoms with Gasteiger partial charge in [0, 0.05) is 5.92 Å². The summed E-state index contributed by atoms with van der Waals surface area (Å²) in [6, 6.07) is 4.51. The number of aryl methyl sites for hydroxylation is 1. The number of fused-ring (bicyclic) bond motifs is 1. The molecule has 80 valence electrons. The van der Waals surface area contributed by atoms with Crippen LogP contribution in [0.1, 0.15) is 18.9 Å². The average Bonchev–Trinajstić information content (AvgIpc) is 2.27.